The molecule has 0 atom stereocenters. The molecule has 0 unspecified atom stereocenters. The molecular formula is C17H26BrN. The molecule has 1 fully saturated rings. The third-order valence-electron chi connectivity index (χ3n) is 4.04. The summed E-state index contributed by atoms with van der Waals surface area (Å²) in [4.78, 5) is 0. The maximum Gasteiger partial charge on any atom is 0.0213 e. The van der Waals surface area contributed by atoms with E-state index in [1.807, 2.05) is 0 Å². The fourth-order valence-corrected chi connectivity index (χ4v) is 4.22. The zero-order valence-corrected chi connectivity index (χ0v) is 14.4. The van der Waals surface area contributed by atoms with Crippen molar-refractivity contribution in [2.75, 3.05) is 6.54 Å². The van der Waals surface area contributed by atoms with Crippen molar-refractivity contribution in [1.82, 2.24) is 5.32 Å². The summed E-state index contributed by atoms with van der Waals surface area (Å²) in [6.07, 6.45) is 2.51. The topological polar surface area (TPSA) is 12.0 Å². The summed E-state index contributed by atoms with van der Waals surface area (Å²) in [5.41, 5.74) is 2.39. The molecule has 19 heavy (non-hydrogen) atoms. The first-order valence-electron chi connectivity index (χ1n) is 7.14. The Balaban J connectivity index is 2.25. The largest absolute Gasteiger partial charge is 0.311 e. The van der Waals surface area contributed by atoms with E-state index in [1.165, 1.54) is 22.9 Å². The van der Waals surface area contributed by atoms with Crippen LogP contribution in [0.1, 0.15) is 53.0 Å². The predicted octanol–water partition coefficient (Wildman–Crippen LogP) is 4.90. The van der Waals surface area contributed by atoms with Crippen LogP contribution in [0.5, 0.6) is 0 Å². The van der Waals surface area contributed by atoms with Crippen molar-refractivity contribution in [3.8, 4) is 0 Å². The van der Waals surface area contributed by atoms with Crippen molar-refractivity contribution < 1.29 is 0 Å². The van der Waals surface area contributed by atoms with Crippen molar-refractivity contribution in [2.45, 2.75) is 58.4 Å². The van der Waals surface area contributed by atoms with Crippen LogP contribution in [0.25, 0.3) is 0 Å². The van der Waals surface area contributed by atoms with Gasteiger partial charge in [0, 0.05) is 22.0 Å². The highest BCUT2D eigenvalue weighted by molar-refractivity contribution is 9.10. The van der Waals surface area contributed by atoms with Crippen LogP contribution in [0, 0.1) is 5.41 Å². The quantitative estimate of drug-likeness (QED) is 0.834. The minimum absolute atomic E-state index is 0.175. The lowest BCUT2D eigenvalue weighted by Crippen LogP contribution is -2.55. The van der Waals surface area contributed by atoms with E-state index in [-0.39, 0.29) is 11.0 Å². The highest BCUT2D eigenvalue weighted by Crippen LogP contribution is 2.56. The number of hydrogen-bond donors (Lipinski definition) is 1. The SMILES string of the molecule is CC1(C)CC(CNC(C)(C)C)(c2ccccc2Br)C1. The fraction of sp³-hybridized carbons (Fsp3) is 0.647. The second-order valence-electron chi connectivity index (χ2n) is 7.88. The molecule has 0 heterocycles. The molecule has 2 rings (SSSR count). The Morgan fingerprint density at radius 1 is 1.16 bits per heavy atom. The molecule has 1 aromatic rings. The van der Waals surface area contributed by atoms with Crippen LogP contribution in [-0.4, -0.2) is 12.1 Å². The lowest BCUT2D eigenvalue weighted by molar-refractivity contribution is 0.0507. The molecule has 0 spiro atoms. The molecule has 1 aliphatic carbocycles. The van der Waals surface area contributed by atoms with Crippen molar-refractivity contribution in [1.29, 1.82) is 0 Å². The van der Waals surface area contributed by atoms with Crippen LogP contribution in [0.15, 0.2) is 28.7 Å². The molecule has 0 aliphatic heterocycles. The van der Waals surface area contributed by atoms with Crippen LogP contribution >= 0.6 is 15.9 Å². The van der Waals surface area contributed by atoms with Crippen molar-refractivity contribution >= 4 is 15.9 Å². The Bertz CT molecular complexity index is 449. The molecule has 1 nitrogen and oxygen atoms in total. The molecule has 0 aromatic heterocycles. The first-order chi connectivity index (χ1) is 8.64. The van der Waals surface area contributed by atoms with E-state index in [4.69, 9.17) is 0 Å². The zero-order valence-electron chi connectivity index (χ0n) is 12.8. The number of benzene rings is 1. The molecule has 0 saturated heterocycles. The third kappa shape index (κ3) is 3.41. The number of rotatable bonds is 3. The fourth-order valence-electron chi connectivity index (χ4n) is 3.52. The minimum Gasteiger partial charge on any atom is -0.311 e. The van der Waals surface area contributed by atoms with E-state index in [9.17, 15) is 0 Å². The highest BCUT2D eigenvalue weighted by Gasteiger charge is 2.50. The van der Waals surface area contributed by atoms with Gasteiger partial charge in [0.05, 0.1) is 0 Å². The maximum atomic E-state index is 3.74. The van der Waals surface area contributed by atoms with Gasteiger partial charge in [-0.3, -0.25) is 0 Å². The lowest BCUT2D eigenvalue weighted by atomic mass is 9.52. The first kappa shape index (κ1) is 15.1. The van der Waals surface area contributed by atoms with Gasteiger partial charge >= 0.3 is 0 Å². The van der Waals surface area contributed by atoms with Crippen LogP contribution in [0.3, 0.4) is 0 Å². The molecule has 1 saturated carbocycles. The Kier molecular flexibility index (Phi) is 3.88. The van der Waals surface area contributed by atoms with Gasteiger partial charge < -0.3 is 5.32 Å². The molecule has 1 aromatic carbocycles. The van der Waals surface area contributed by atoms with Gasteiger partial charge in [0.2, 0.25) is 0 Å². The second-order valence-corrected chi connectivity index (χ2v) is 8.74. The molecule has 2 heteroatoms. The first-order valence-corrected chi connectivity index (χ1v) is 7.93. The van der Waals surface area contributed by atoms with Crippen molar-refractivity contribution in [2.24, 2.45) is 5.41 Å². The highest BCUT2D eigenvalue weighted by atomic mass is 79.9. The average Bonchev–Trinajstić information content (AvgIpc) is 2.23. The summed E-state index contributed by atoms with van der Waals surface area (Å²) in [5, 5.41) is 3.71. The minimum atomic E-state index is 0.175. The maximum absolute atomic E-state index is 3.74. The molecule has 1 aliphatic rings. The Labute approximate surface area is 126 Å². The molecule has 106 valence electrons. The van der Waals surface area contributed by atoms with E-state index in [0.29, 0.717) is 5.41 Å². The van der Waals surface area contributed by atoms with Gasteiger partial charge in [0.15, 0.2) is 0 Å². The molecule has 0 radical (unpaired) electrons. The second kappa shape index (κ2) is 4.89. The van der Waals surface area contributed by atoms with E-state index in [1.54, 1.807) is 0 Å². The van der Waals surface area contributed by atoms with Gasteiger partial charge in [-0.2, -0.15) is 0 Å². The Morgan fingerprint density at radius 3 is 2.21 bits per heavy atom. The number of nitrogens with one attached hydrogen (secondary N) is 1. The zero-order chi connectivity index (χ0) is 14.3. The Hall–Kier alpha value is -0.340. The van der Waals surface area contributed by atoms with Crippen LogP contribution in [-0.2, 0) is 5.41 Å². The normalized spacial score (nSPS) is 20.9. The summed E-state index contributed by atoms with van der Waals surface area (Å²) >= 11 is 3.74. The predicted molar refractivity (Wildman–Crippen MR) is 86.6 cm³/mol. The number of halogens is 1. The van der Waals surface area contributed by atoms with Gasteiger partial charge in [-0.05, 0) is 50.7 Å². The summed E-state index contributed by atoms with van der Waals surface area (Å²) in [6.45, 7) is 12.5. The van der Waals surface area contributed by atoms with Crippen LogP contribution in [0.2, 0.25) is 0 Å². The van der Waals surface area contributed by atoms with E-state index in [2.05, 4.69) is 80.1 Å². The van der Waals surface area contributed by atoms with Gasteiger partial charge in [-0.25, -0.2) is 0 Å². The standard InChI is InChI=1S/C17H26BrN/c1-15(2,3)19-12-17(10-16(4,5)11-17)13-8-6-7-9-14(13)18/h6-9,19H,10-12H2,1-5H3. The monoisotopic (exact) mass is 323 g/mol. The smallest absolute Gasteiger partial charge is 0.0213 e. The summed E-state index contributed by atoms with van der Waals surface area (Å²) in [7, 11) is 0. The lowest BCUT2D eigenvalue weighted by Gasteiger charge is -2.55. The van der Waals surface area contributed by atoms with Crippen LogP contribution in [0.4, 0.5) is 0 Å². The van der Waals surface area contributed by atoms with Gasteiger partial charge in [0.1, 0.15) is 0 Å². The average molecular weight is 324 g/mol. The molecule has 0 bridgehead atoms. The molecular weight excluding hydrogens is 298 g/mol. The van der Waals surface area contributed by atoms with Crippen molar-refractivity contribution in [3.63, 3.8) is 0 Å². The van der Waals surface area contributed by atoms with E-state index in [0.717, 1.165) is 6.54 Å². The summed E-state index contributed by atoms with van der Waals surface area (Å²) < 4.78 is 1.25. The summed E-state index contributed by atoms with van der Waals surface area (Å²) in [5.74, 6) is 0. The number of hydrogen-bond acceptors (Lipinski definition) is 1. The third-order valence-corrected chi connectivity index (χ3v) is 4.73. The van der Waals surface area contributed by atoms with Crippen LogP contribution < -0.4 is 5.32 Å². The Morgan fingerprint density at radius 2 is 1.74 bits per heavy atom. The van der Waals surface area contributed by atoms with Gasteiger partial charge in [-0.1, -0.05) is 48.0 Å². The van der Waals surface area contributed by atoms with Gasteiger partial charge in [0.25, 0.3) is 0 Å². The molecule has 1 N–H and O–H groups in total. The summed E-state index contributed by atoms with van der Waals surface area (Å²) in [6, 6.07) is 8.70. The van der Waals surface area contributed by atoms with E-state index >= 15 is 0 Å². The van der Waals surface area contributed by atoms with Crippen molar-refractivity contribution in [3.05, 3.63) is 34.3 Å². The van der Waals surface area contributed by atoms with Gasteiger partial charge in [-0.15, -0.1) is 0 Å². The van der Waals surface area contributed by atoms with E-state index < -0.39 is 0 Å². The molecule has 0 amide bonds.